The molecular formula is C14H24F3N. The third kappa shape index (κ3) is 3.87. The number of nitrogens with one attached hydrogen (secondary N) is 1. The fourth-order valence-electron chi connectivity index (χ4n) is 3.35. The summed E-state index contributed by atoms with van der Waals surface area (Å²) in [4.78, 5) is 0. The van der Waals surface area contributed by atoms with Gasteiger partial charge in [0.25, 0.3) is 0 Å². The average Bonchev–Trinajstić information content (AvgIpc) is 2.32. The van der Waals surface area contributed by atoms with Gasteiger partial charge in [0.1, 0.15) is 0 Å². The number of hydrogen-bond donors (Lipinski definition) is 1. The Hall–Kier alpha value is -0.250. The Morgan fingerprint density at radius 1 is 0.778 bits per heavy atom. The Morgan fingerprint density at radius 2 is 1.22 bits per heavy atom. The van der Waals surface area contributed by atoms with E-state index in [0.717, 1.165) is 5.92 Å². The van der Waals surface area contributed by atoms with Gasteiger partial charge in [0, 0.05) is 12.1 Å². The lowest BCUT2D eigenvalue weighted by Crippen LogP contribution is -2.43. The summed E-state index contributed by atoms with van der Waals surface area (Å²) in [6.45, 7) is 2.28. The summed E-state index contributed by atoms with van der Waals surface area (Å²) in [6, 6.07) is 0.871. The smallest absolute Gasteiger partial charge is 0.311 e. The number of halogens is 3. The molecule has 1 nitrogen and oxygen atoms in total. The van der Waals surface area contributed by atoms with Gasteiger partial charge in [-0.25, -0.2) is 0 Å². The molecule has 0 atom stereocenters. The quantitative estimate of drug-likeness (QED) is 0.784. The summed E-state index contributed by atoms with van der Waals surface area (Å²) in [7, 11) is 0. The van der Waals surface area contributed by atoms with Crippen molar-refractivity contribution in [2.75, 3.05) is 0 Å². The van der Waals surface area contributed by atoms with Crippen LogP contribution in [0, 0.1) is 11.8 Å². The van der Waals surface area contributed by atoms with Crippen molar-refractivity contribution in [2.45, 2.75) is 76.6 Å². The number of alkyl halides is 3. The predicted molar refractivity (Wildman–Crippen MR) is 66.4 cm³/mol. The molecule has 0 bridgehead atoms. The Balaban J connectivity index is 1.70. The first-order valence-electron chi connectivity index (χ1n) is 7.28. The van der Waals surface area contributed by atoms with Gasteiger partial charge in [0.05, 0.1) is 5.92 Å². The van der Waals surface area contributed by atoms with Crippen LogP contribution in [0.15, 0.2) is 0 Å². The lowest BCUT2D eigenvalue weighted by atomic mass is 9.83. The Labute approximate surface area is 108 Å². The Kier molecular flexibility index (Phi) is 4.57. The molecule has 0 aromatic carbocycles. The van der Waals surface area contributed by atoms with Crippen LogP contribution in [0.2, 0.25) is 0 Å². The highest BCUT2D eigenvalue weighted by atomic mass is 19.4. The molecule has 0 aromatic rings. The van der Waals surface area contributed by atoms with Crippen molar-refractivity contribution in [3.8, 4) is 0 Å². The zero-order valence-corrected chi connectivity index (χ0v) is 11.1. The molecule has 0 amide bonds. The van der Waals surface area contributed by atoms with Crippen LogP contribution in [0.3, 0.4) is 0 Å². The largest absolute Gasteiger partial charge is 0.391 e. The average molecular weight is 263 g/mol. The maximum atomic E-state index is 12.5. The lowest BCUT2D eigenvalue weighted by molar-refractivity contribution is -0.182. The van der Waals surface area contributed by atoms with Crippen molar-refractivity contribution >= 4 is 0 Å². The molecule has 0 heterocycles. The maximum Gasteiger partial charge on any atom is 0.391 e. The summed E-state index contributed by atoms with van der Waals surface area (Å²) >= 11 is 0. The van der Waals surface area contributed by atoms with Crippen LogP contribution in [0.25, 0.3) is 0 Å². The first-order chi connectivity index (χ1) is 8.45. The van der Waals surface area contributed by atoms with Crippen LogP contribution in [0.5, 0.6) is 0 Å². The normalized spacial score (nSPS) is 38.7. The molecular weight excluding hydrogens is 239 g/mol. The van der Waals surface area contributed by atoms with Gasteiger partial charge in [-0.2, -0.15) is 13.2 Å². The van der Waals surface area contributed by atoms with E-state index in [0.29, 0.717) is 37.8 Å². The lowest BCUT2D eigenvalue weighted by Gasteiger charge is -2.35. The van der Waals surface area contributed by atoms with Gasteiger partial charge in [0.2, 0.25) is 0 Å². The molecule has 0 aromatic heterocycles. The van der Waals surface area contributed by atoms with Crippen molar-refractivity contribution in [2.24, 2.45) is 11.8 Å². The van der Waals surface area contributed by atoms with E-state index in [9.17, 15) is 13.2 Å². The second-order valence-electron chi connectivity index (χ2n) is 6.21. The molecule has 2 aliphatic rings. The van der Waals surface area contributed by atoms with E-state index in [1.165, 1.54) is 25.7 Å². The fraction of sp³-hybridized carbons (Fsp3) is 1.00. The molecule has 0 spiro atoms. The molecule has 4 heteroatoms. The Bertz CT molecular complexity index is 248. The summed E-state index contributed by atoms with van der Waals surface area (Å²) in [5, 5.41) is 3.58. The monoisotopic (exact) mass is 263 g/mol. The van der Waals surface area contributed by atoms with E-state index < -0.39 is 12.1 Å². The highest BCUT2D eigenvalue weighted by Crippen LogP contribution is 2.37. The van der Waals surface area contributed by atoms with Gasteiger partial charge in [-0.05, 0) is 57.3 Å². The molecule has 2 fully saturated rings. The minimum Gasteiger partial charge on any atom is -0.311 e. The van der Waals surface area contributed by atoms with Crippen LogP contribution in [-0.4, -0.2) is 18.3 Å². The van der Waals surface area contributed by atoms with E-state index in [1.54, 1.807) is 0 Å². The fourth-order valence-corrected chi connectivity index (χ4v) is 3.35. The van der Waals surface area contributed by atoms with Crippen LogP contribution in [0.1, 0.15) is 58.3 Å². The zero-order valence-electron chi connectivity index (χ0n) is 11.1. The van der Waals surface area contributed by atoms with Gasteiger partial charge in [0.15, 0.2) is 0 Å². The van der Waals surface area contributed by atoms with Crippen molar-refractivity contribution in [3.05, 3.63) is 0 Å². The van der Waals surface area contributed by atoms with Gasteiger partial charge >= 0.3 is 6.18 Å². The summed E-state index contributed by atoms with van der Waals surface area (Å²) < 4.78 is 37.6. The van der Waals surface area contributed by atoms with Crippen LogP contribution in [0.4, 0.5) is 13.2 Å². The second kappa shape index (κ2) is 5.81. The maximum absolute atomic E-state index is 12.5. The van der Waals surface area contributed by atoms with E-state index in [1.807, 2.05) is 0 Å². The second-order valence-corrected chi connectivity index (χ2v) is 6.21. The zero-order chi connectivity index (χ0) is 13.2. The minimum absolute atomic E-state index is 0.310. The van der Waals surface area contributed by atoms with E-state index >= 15 is 0 Å². The SMILES string of the molecule is CC1CCC(NC2CCC(C(F)(F)F)CC2)CC1. The topological polar surface area (TPSA) is 12.0 Å². The van der Waals surface area contributed by atoms with Gasteiger partial charge < -0.3 is 5.32 Å². The van der Waals surface area contributed by atoms with Gasteiger partial charge in [-0.15, -0.1) is 0 Å². The summed E-state index contributed by atoms with van der Waals surface area (Å²) in [6.07, 6.45) is 2.93. The molecule has 18 heavy (non-hydrogen) atoms. The van der Waals surface area contributed by atoms with Crippen molar-refractivity contribution in [3.63, 3.8) is 0 Å². The number of rotatable bonds is 2. The van der Waals surface area contributed by atoms with Gasteiger partial charge in [-0.1, -0.05) is 6.92 Å². The number of hydrogen-bond acceptors (Lipinski definition) is 1. The summed E-state index contributed by atoms with van der Waals surface area (Å²) in [5.74, 6) is -0.231. The molecule has 106 valence electrons. The first kappa shape index (κ1) is 14.2. The van der Waals surface area contributed by atoms with Crippen LogP contribution in [-0.2, 0) is 0 Å². The van der Waals surface area contributed by atoms with Crippen molar-refractivity contribution in [1.29, 1.82) is 0 Å². The molecule has 0 unspecified atom stereocenters. The molecule has 0 aliphatic heterocycles. The highest BCUT2D eigenvalue weighted by Gasteiger charge is 2.41. The molecule has 2 saturated carbocycles. The van der Waals surface area contributed by atoms with Crippen LogP contribution >= 0.6 is 0 Å². The third-order valence-corrected chi connectivity index (χ3v) is 4.68. The van der Waals surface area contributed by atoms with E-state index in [4.69, 9.17) is 0 Å². The standard InChI is InChI=1S/C14H24F3N/c1-10-2-6-12(7-3-10)18-13-8-4-11(5-9-13)14(15,16)17/h10-13,18H,2-9H2,1H3. The first-order valence-corrected chi connectivity index (χ1v) is 7.28. The predicted octanol–water partition coefficient (Wildman–Crippen LogP) is 4.28. The highest BCUT2D eigenvalue weighted by molar-refractivity contribution is 4.84. The van der Waals surface area contributed by atoms with Crippen molar-refractivity contribution < 1.29 is 13.2 Å². The Morgan fingerprint density at radius 3 is 1.67 bits per heavy atom. The molecule has 2 aliphatic carbocycles. The van der Waals surface area contributed by atoms with Gasteiger partial charge in [-0.3, -0.25) is 0 Å². The molecule has 0 radical (unpaired) electrons. The molecule has 2 rings (SSSR count). The minimum atomic E-state index is -3.98. The van der Waals surface area contributed by atoms with E-state index in [-0.39, 0.29) is 0 Å². The van der Waals surface area contributed by atoms with Crippen LogP contribution < -0.4 is 5.32 Å². The molecule has 1 N–H and O–H groups in total. The van der Waals surface area contributed by atoms with Crippen molar-refractivity contribution in [1.82, 2.24) is 5.32 Å². The summed E-state index contributed by atoms with van der Waals surface area (Å²) in [5.41, 5.74) is 0. The van der Waals surface area contributed by atoms with E-state index in [2.05, 4.69) is 12.2 Å². The molecule has 0 saturated heterocycles. The third-order valence-electron chi connectivity index (χ3n) is 4.68.